The van der Waals surface area contributed by atoms with Crippen LogP contribution >= 0.6 is 12.4 Å². The van der Waals surface area contributed by atoms with Gasteiger partial charge in [0.2, 0.25) is 0 Å². The Balaban J connectivity index is 0.00000256. The molecule has 4 aromatic rings. The first-order valence-corrected chi connectivity index (χ1v) is 9.21. The Kier molecular flexibility index (Phi) is 6.37. The third-order valence-electron chi connectivity index (χ3n) is 4.54. The minimum atomic E-state index is 0. The van der Waals surface area contributed by atoms with E-state index in [4.69, 9.17) is 14.0 Å². The topological polar surface area (TPSA) is 95.2 Å². The number of nitrogens with zero attached hydrogens (tertiary/aromatic N) is 4. The molecule has 0 aliphatic rings. The van der Waals surface area contributed by atoms with Gasteiger partial charge in [0.25, 0.3) is 5.89 Å². The van der Waals surface area contributed by atoms with E-state index >= 15 is 0 Å². The number of aromatic nitrogens is 4. The summed E-state index contributed by atoms with van der Waals surface area (Å²) < 4.78 is 16.2. The molecule has 0 amide bonds. The standard InChI is InChI=1S/C21H21N5O3.ClH/c1-5-18-25-21(29-26-18)15-11-22-20-14(8-6-12(2)23-20)19(15)24-13-7-9-16(27-3)17(10-13)28-4;/h6-11H,5H2,1-4H3,(H,22,23,24);1H. The molecular formula is C21H22ClN5O3. The van der Waals surface area contributed by atoms with Crippen molar-refractivity contribution in [3.05, 3.63) is 48.0 Å². The zero-order valence-electron chi connectivity index (χ0n) is 17.1. The van der Waals surface area contributed by atoms with Crippen LogP contribution in [0.25, 0.3) is 22.5 Å². The maximum Gasteiger partial charge on any atom is 0.261 e. The quantitative estimate of drug-likeness (QED) is 0.471. The average Bonchev–Trinajstić information content (AvgIpc) is 3.22. The Morgan fingerprint density at radius 1 is 1.03 bits per heavy atom. The third-order valence-corrected chi connectivity index (χ3v) is 4.54. The predicted octanol–water partition coefficient (Wildman–Crippen LogP) is 4.73. The molecule has 4 rings (SSSR count). The summed E-state index contributed by atoms with van der Waals surface area (Å²) in [4.78, 5) is 13.5. The molecule has 3 heterocycles. The Hall–Kier alpha value is -3.39. The highest BCUT2D eigenvalue weighted by molar-refractivity contribution is 5.98. The lowest BCUT2D eigenvalue weighted by Gasteiger charge is -2.15. The molecule has 156 valence electrons. The van der Waals surface area contributed by atoms with Gasteiger partial charge in [-0.15, -0.1) is 12.4 Å². The fourth-order valence-electron chi connectivity index (χ4n) is 3.03. The Morgan fingerprint density at radius 2 is 1.83 bits per heavy atom. The summed E-state index contributed by atoms with van der Waals surface area (Å²) in [7, 11) is 3.21. The predicted molar refractivity (Wildman–Crippen MR) is 117 cm³/mol. The third kappa shape index (κ3) is 3.99. The highest BCUT2D eigenvalue weighted by atomic mass is 35.5. The number of rotatable bonds is 6. The lowest BCUT2D eigenvalue weighted by molar-refractivity contribution is 0.355. The fourth-order valence-corrected chi connectivity index (χ4v) is 3.03. The molecule has 0 fully saturated rings. The number of nitrogens with one attached hydrogen (secondary N) is 1. The van der Waals surface area contributed by atoms with Crippen LogP contribution in [0.4, 0.5) is 11.4 Å². The van der Waals surface area contributed by atoms with Crippen molar-refractivity contribution in [2.24, 2.45) is 0 Å². The lowest BCUT2D eigenvalue weighted by atomic mass is 10.1. The van der Waals surface area contributed by atoms with Gasteiger partial charge in [0.1, 0.15) is 0 Å². The first kappa shape index (κ1) is 21.3. The molecule has 30 heavy (non-hydrogen) atoms. The molecule has 0 saturated heterocycles. The molecule has 1 N–H and O–H groups in total. The van der Waals surface area contributed by atoms with E-state index in [0.29, 0.717) is 40.8 Å². The number of pyridine rings is 2. The van der Waals surface area contributed by atoms with Crippen LogP contribution in [0.2, 0.25) is 0 Å². The number of halogens is 1. The van der Waals surface area contributed by atoms with Gasteiger partial charge in [0.15, 0.2) is 23.0 Å². The number of fused-ring (bicyclic) bond motifs is 1. The van der Waals surface area contributed by atoms with Crippen LogP contribution in [0.5, 0.6) is 11.5 Å². The molecule has 0 aliphatic carbocycles. The SMILES string of the molecule is CCc1noc(-c2cnc3nc(C)ccc3c2Nc2ccc(OC)c(OC)c2)n1.Cl. The number of anilines is 2. The van der Waals surface area contributed by atoms with Gasteiger partial charge in [-0.1, -0.05) is 12.1 Å². The van der Waals surface area contributed by atoms with Gasteiger partial charge in [-0.2, -0.15) is 4.98 Å². The number of hydrogen-bond acceptors (Lipinski definition) is 8. The number of ether oxygens (including phenoxy) is 2. The van der Waals surface area contributed by atoms with Gasteiger partial charge in [-0.25, -0.2) is 9.97 Å². The molecule has 0 atom stereocenters. The summed E-state index contributed by atoms with van der Waals surface area (Å²) in [5, 5.41) is 8.30. The maximum atomic E-state index is 5.47. The minimum Gasteiger partial charge on any atom is -0.493 e. The van der Waals surface area contributed by atoms with Crippen LogP contribution in [0.15, 0.2) is 41.1 Å². The zero-order chi connectivity index (χ0) is 20.4. The van der Waals surface area contributed by atoms with Crippen LogP contribution in [-0.2, 0) is 6.42 Å². The summed E-state index contributed by atoms with van der Waals surface area (Å²) in [5.41, 5.74) is 3.81. The van der Waals surface area contributed by atoms with Crippen molar-refractivity contribution < 1.29 is 14.0 Å². The fraction of sp³-hybridized carbons (Fsp3) is 0.238. The van der Waals surface area contributed by atoms with Crippen LogP contribution < -0.4 is 14.8 Å². The molecule has 8 nitrogen and oxygen atoms in total. The second kappa shape index (κ2) is 8.96. The van der Waals surface area contributed by atoms with Crippen molar-refractivity contribution >= 4 is 34.8 Å². The summed E-state index contributed by atoms with van der Waals surface area (Å²) in [5.74, 6) is 2.32. The molecule has 0 unspecified atom stereocenters. The second-order valence-electron chi connectivity index (χ2n) is 6.43. The lowest BCUT2D eigenvalue weighted by Crippen LogP contribution is -1.99. The van der Waals surface area contributed by atoms with Crippen molar-refractivity contribution in [3.8, 4) is 23.0 Å². The van der Waals surface area contributed by atoms with Gasteiger partial charge in [0.05, 0.1) is 25.5 Å². The molecule has 0 saturated carbocycles. The van der Waals surface area contributed by atoms with Crippen molar-refractivity contribution in [3.63, 3.8) is 0 Å². The first-order chi connectivity index (χ1) is 14.1. The summed E-state index contributed by atoms with van der Waals surface area (Å²) >= 11 is 0. The van der Waals surface area contributed by atoms with Crippen LogP contribution in [0.1, 0.15) is 18.4 Å². The van der Waals surface area contributed by atoms with Crippen molar-refractivity contribution in [1.29, 1.82) is 0 Å². The monoisotopic (exact) mass is 427 g/mol. The molecular weight excluding hydrogens is 406 g/mol. The molecule has 1 aromatic carbocycles. The number of methoxy groups -OCH3 is 2. The first-order valence-electron chi connectivity index (χ1n) is 9.21. The molecule has 0 radical (unpaired) electrons. The summed E-state index contributed by atoms with van der Waals surface area (Å²) in [6, 6.07) is 9.54. The summed E-state index contributed by atoms with van der Waals surface area (Å²) in [6.07, 6.45) is 2.38. The molecule has 0 bridgehead atoms. The largest absolute Gasteiger partial charge is 0.493 e. The van der Waals surface area contributed by atoms with E-state index in [1.165, 1.54) is 0 Å². The highest BCUT2D eigenvalue weighted by Crippen LogP contribution is 2.37. The van der Waals surface area contributed by atoms with Crippen molar-refractivity contribution in [1.82, 2.24) is 20.1 Å². The Bertz CT molecular complexity index is 1180. The van der Waals surface area contributed by atoms with E-state index in [2.05, 4.69) is 25.4 Å². The maximum absolute atomic E-state index is 5.47. The van der Waals surface area contributed by atoms with E-state index in [1.54, 1.807) is 20.4 Å². The Labute approximate surface area is 180 Å². The number of benzene rings is 1. The van der Waals surface area contributed by atoms with E-state index < -0.39 is 0 Å². The highest BCUT2D eigenvalue weighted by Gasteiger charge is 2.18. The molecule has 0 aliphatic heterocycles. The van der Waals surface area contributed by atoms with Crippen LogP contribution in [0, 0.1) is 6.92 Å². The van der Waals surface area contributed by atoms with Crippen molar-refractivity contribution in [2.75, 3.05) is 19.5 Å². The molecule has 9 heteroatoms. The minimum absolute atomic E-state index is 0. The van der Waals surface area contributed by atoms with Gasteiger partial charge in [-0.05, 0) is 31.2 Å². The van der Waals surface area contributed by atoms with Gasteiger partial charge >= 0.3 is 0 Å². The molecule has 3 aromatic heterocycles. The number of aryl methyl sites for hydroxylation is 2. The van der Waals surface area contributed by atoms with Gasteiger partial charge in [0, 0.05) is 35.5 Å². The summed E-state index contributed by atoms with van der Waals surface area (Å²) in [6.45, 7) is 3.91. The zero-order valence-corrected chi connectivity index (χ0v) is 17.9. The van der Waals surface area contributed by atoms with E-state index in [9.17, 15) is 0 Å². The van der Waals surface area contributed by atoms with E-state index in [-0.39, 0.29) is 12.4 Å². The smallest absolute Gasteiger partial charge is 0.261 e. The Morgan fingerprint density at radius 3 is 2.53 bits per heavy atom. The number of hydrogen-bond donors (Lipinski definition) is 1. The van der Waals surface area contributed by atoms with Crippen molar-refractivity contribution in [2.45, 2.75) is 20.3 Å². The second-order valence-corrected chi connectivity index (χ2v) is 6.43. The van der Waals surface area contributed by atoms with Crippen LogP contribution in [-0.4, -0.2) is 34.3 Å². The van der Waals surface area contributed by atoms with Gasteiger partial charge < -0.3 is 19.3 Å². The van der Waals surface area contributed by atoms with Gasteiger partial charge in [-0.3, -0.25) is 0 Å². The molecule has 0 spiro atoms. The average molecular weight is 428 g/mol. The normalized spacial score (nSPS) is 10.5. The van der Waals surface area contributed by atoms with E-state index in [0.717, 1.165) is 22.5 Å². The van der Waals surface area contributed by atoms with E-state index in [1.807, 2.05) is 44.2 Å². The van der Waals surface area contributed by atoms with Crippen LogP contribution in [0.3, 0.4) is 0 Å².